The van der Waals surface area contributed by atoms with Gasteiger partial charge in [-0.05, 0) is 48.0 Å². The standard InChI is InChI=1S/C23H14Cl5F2N3O2/c24-10-3-9(4-11(25)5-10)19-20(23(19,27)28)22(35)32-12-1-2-14(26)13(6-12)21(34)33-18-8-17(31)15(29)7-16(18)30/h1-8,19-20H,31H2,(H,32,35)(H,33,34)/t19-,20+/m0/s1. The normalized spacial score (nSPS) is 18.1. The molecular weight excluding hydrogens is 566 g/mol. The van der Waals surface area contributed by atoms with E-state index in [0.29, 0.717) is 21.7 Å². The van der Waals surface area contributed by atoms with E-state index in [2.05, 4.69) is 10.6 Å². The van der Waals surface area contributed by atoms with Crippen LogP contribution in [0.4, 0.5) is 25.8 Å². The number of halogens is 7. The zero-order valence-electron chi connectivity index (χ0n) is 17.3. The largest absolute Gasteiger partial charge is 0.396 e. The van der Waals surface area contributed by atoms with Crippen LogP contribution < -0.4 is 16.4 Å². The van der Waals surface area contributed by atoms with E-state index in [1.54, 1.807) is 18.2 Å². The van der Waals surface area contributed by atoms with Gasteiger partial charge in [-0.2, -0.15) is 0 Å². The monoisotopic (exact) mass is 577 g/mol. The fourth-order valence-electron chi connectivity index (χ4n) is 3.67. The van der Waals surface area contributed by atoms with Gasteiger partial charge in [0, 0.05) is 27.7 Å². The zero-order chi connectivity index (χ0) is 25.7. The molecule has 1 aliphatic carbocycles. The third kappa shape index (κ3) is 5.29. The Morgan fingerprint density at radius 2 is 1.54 bits per heavy atom. The molecule has 12 heteroatoms. The average Bonchev–Trinajstić information content (AvgIpc) is 3.34. The smallest absolute Gasteiger partial charge is 0.257 e. The van der Waals surface area contributed by atoms with E-state index >= 15 is 0 Å². The molecule has 0 bridgehead atoms. The molecule has 4 rings (SSSR count). The molecule has 0 unspecified atom stereocenters. The molecule has 3 aromatic carbocycles. The lowest BCUT2D eigenvalue weighted by Crippen LogP contribution is -2.18. The number of carbonyl (C=O) groups excluding carboxylic acids is 2. The number of rotatable bonds is 5. The SMILES string of the molecule is Nc1cc(NC(=O)c2cc(NC(=O)[C@H]3[C@H](c4cc(Cl)cc(Cl)c4)C3(Cl)Cl)ccc2Cl)c(F)cc1F. The summed E-state index contributed by atoms with van der Waals surface area (Å²) in [5.74, 6) is -4.70. The molecule has 2 atom stereocenters. The number of amides is 2. The van der Waals surface area contributed by atoms with Crippen LogP contribution in [0.5, 0.6) is 0 Å². The highest BCUT2D eigenvalue weighted by molar-refractivity contribution is 6.53. The van der Waals surface area contributed by atoms with Crippen molar-refractivity contribution in [1.29, 1.82) is 0 Å². The average molecular weight is 580 g/mol. The van der Waals surface area contributed by atoms with Gasteiger partial charge < -0.3 is 16.4 Å². The maximum Gasteiger partial charge on any atom is 0.257 e. The first-order valence-electron chi connectivity index (χ1n) is 9.88. The molecule has 182 valence electrons. The number of carbonyl (C=O) groups is 2. The Kier molecular flexibility index (Phi) is 7.10. The maximum atomic E-state index is 14.0. The van der Waals surface area contributed by atoms with E-state index in [1.807, 2.05) is 0 Å². The summed E-state index contributed by atoms with van der Waals surface area (Å²) in [5, 5.41) is 5.69. The number of nitrogen functional groups attached to an aromatic ring is 1. The second-order valence-electron chi connectivity index (χ2n) is 7.82. The van der Waals surface area contributed by atoms with Crippen molar-refractivity contribution in [3.63, 3.8) is 0 Å². The third-order valence-corrected chi connectivity index (χ3v) is 7.10. The van der Waals surface area contributed by atoms with Gasteiger partial charge in [0.25, 0.3) is 5.91 Å². The van der Waals surface area contributed by atoms with E-state index < -0.39 is 39.6 Å². The predicted molar refractivity (Wildman–Crippen MR) is 136 cm³/mol. The van der Waals surface area contributed by atoms with E-state index in [1.165, 1.54) is 18.2 Å². The van der Waals surface area contributed by atoms with Gasteiger partial charge in [-0.25, -0.2) is 8.78 Å². The molecule has 4 N–H and O–H groups in total. The fraction of sp³-hybridized carbons (Fsp3) is 0.130. The molecule has 5 nitrogen and oxygen atoms in total. The van der Waals surface area contributed by atoms with Gasteiger partial charge in [0.05, 0.1) is 27.9 Å². The van der Waals surface area contributed by atoms with Crippen LogP contribution in [0, 0.1) is 17.6 Å². The quantitative estimate of drug-likeness (QED) is 0.219. The molecule has 3 aromatic rings. The van der Waals surface area contributed by atoms with E-state index in [-0.39, 0.29) is 27.6 Å². The summed E-state index contributed by atoms with van der Waals surface area (Å²) in [5.41, 5.74) is 5.48. The minimum atomic E-state index is -1.40. The Balaban J connectivity index is 1.52. The molecule has 0 aliphatic heterocycles. The van der Waals surface area contributed by atoms with Gasteiger partial charge in [-0.1, -0.05) is 34.8 Å². The zero-order valence-corrected chi connectivity index (χ0v) is 21.1. The molecule has 0 spiro atoms. The number of nitrogens with one attached hydrogen (secondary N) is 2. The minimum absolute atomic E-state index is 0.0258. The van der Waals surface area contributed by atoms with Gasteiger partial charge in [-0.3, -0.25) is 9.59 Å². The first-order chi connectivity index (χ1) is 16.4. The number of hydrogen-bond acceptors (Lipinski definition) is 3. The molecule has 0 radical (unpaired) electrons. The van der Waals surface area contributed by atoms with Crippen molar-refractivity contribution in [2.75, 3.05) is 16.4 Å². The minimum Gasteiger partial charge on any atom is -0.396 e. The van der Waals surface area contributed by atoms with Gasteiger partial charge in [0.2, 0.25) is 5.91 Å². The molecule has 1 aliphatic rings. The molecule has 35 heavy (non-hydrogen) atoms. The van der Waals surface area contributed by atoms with Crippen LogP contribution >= 0.6 is 58.0 Å². The number of hydrogen-bond donors (Lipinski definition) is 3. The maximum absolute atomic E-state index is 14.0. The summed E-state index contributed by atoms with van der Waals surface area (Å²) in [4.78, 5) is 25.6. The van der Waals surface area contributed by atoms with Crippen molar-refractivity contribution in [3.8, 4) is 0 Å². The summed E-state index contributed by atoms with van der Waals surface area (Å²) in [6.07, 6.45) is 0. The highest BCUT2D eigenvalue weighted by Crippen LogP contribution is 2.65. The molecule has 0 aromatic heterocycles. The first kappa shape index (κ1) is 25.8. The second-order valence-corrected chi connectivity index (χ2v) is 10.5. The Bertz CT molecular complexity index is 1350. The van der Waals surface area contributed by atoms with Crippen LogP contribution in [0.2, 0.25) is 15.1 Å². The van der Waals surface area contributed by atoms with Crippen molar-refractivity contribution in [2.45, 2.75) is 10.3 Å². The van der Waals surface area contributed by atoms with Crippen molar-refractivity contribution in [3.05, 3.63) is 86.4 Å². The first-order valence-corrected chi connectivity index (χ1v) is 11.8. The third-order valence-electron chi connectivity index (χ3n) is 5.39. The van der Waals surface area contributed by atoms with E-state index in [0.717, 1.165) is 6.07 Å². The Labute approximate surface area is 223 Å². The van der Waals surface area contributed by atoms with Crippen LogP contribution in [0.15, 0.2) is 48.5 Å². The number of anilines is 3. The highest BCUT2D eigenvalue weighted by Gasteiger charge is 2.67. The van der Waals surface area contributed by atoms with Crippen molar-refractivity contribution in [2.24, 2.45) is 5.92 Å². The van der Waals surface area contributed by atoms with Crippen LogP contribution in [0.1, 0.15) is 21.8 Å². The lowest BCUT2D eigenvalue weighted by Gasteiger charge is -2.11. The van der Waals surface area contributed by atoms with E-state index in [9.17, 15) is 18.4 Å². The summed E-state index contributed by atoms with van der Waals surface area (Å²) < 4.78 is 26.0. The highest BCUT2D eigenvalue weighted by atomic mass is 35.5. The topological polar surface area (TPSA) is 84.2 Å². The lowest BCUT2D eigenvalue weighted by atomic mass is 10.1. The fourth-order valence-corrected chi connectivity index (χ4v) is 5.25. The van der Waals surface area contributed by atoms with Gasteiger partial charge in [0.15, 0.2) is 0 Å². The van der Waals surface area contributed by atoms with Crippen LogP contribution in [-0.2, 0) is 4.79 Å². The molecule has 0 saturated heterocycles. The number of alkyl halides is 2. The Morgan fingerprint density at radius 1 is 0.886 bits per heavy atom. The summed E-state index contributed by atoms with van der Waals surface area (Å²) >= 11 is 31.0. The van der Waals surface area contributed by atoms with Crippen LogP contribution in [-0.4, -0.2) is 16.1 Å². The molecule has 0 heterocycles. The van der Waals surface area contributed by atoms with Crippen LogP contribution in [0.3, 0.4) is 0 Å². The predicted octanol–water partition coefficient (Wildman–Crippen LogP) is 7.29. The van der Waals surface area contributed by atoms with Crippen molar-refractivity contribution < 1.29 is 18.4 Å². The van der Waals surface area contributed by atoms with E-state index in [4.69, 9.17) is 63.7 Å². The van der Waals surface area contributed by atoms with Gasteiger partial charge >= 0.3 is 0 Å². The second kappa shape index (κ2) is 9.64. The lowest BCUT2D eigenvalue weighted by molar-refractivity contribution is -0.117. The summed E-state index contributed by atoms with van der Waals surface area (Å²) in [6, 6.07) is 10.4. The molecular formula is C23H14Cl5F2N3O2. The Hall–Kier alpha value is -2.29. The molecule has 1 saturated carbocycles. The summed E-state index contributed by atoms with van der Waals surface area (Å²) in [6.45, 7) is 0. The van der Waals surface area contributed by atoms with Gasteiger partial charge in [0.1, 0.15) is 16.0 Å². The van der Waals surface area contributed by atoms with Crippen LogP contribution in [0.25, 0.3) is 0 Å². The number of benzene rings is 3. The summed E-state index contributed by atoms with van der Waals surface area (Å²) in [7, 11) is 0. The van der Waals surface area contributed by atoms with Crippen molar-refractivity contribution >= 4 is 86.9 Å². The number of nitrogens with two attached hydrogens (primary N) is 1. The Morgan fingerprint density at radius 3 is 2.20 bits per heavy atom. The molecule has 1 fully saturated rings. The van der Waals surface area contributed by atoms with Crippen molar-refractivity contribution in [1.82, 2.24) is 0 Å². The van der Waals surface area contributed by atoms with Gasteiger partial charge in [-0.15, -0.1) is 23.2 Å². The molecule has 2 amide bonds.